The number of fused-ring (bicyclic) bond motifs is 3. The van der Waals surface area contributed by atoms with Gasteiger partial charge in [0.05, 0.1) is 0 Å². The van der Waals surface area contributed by atoms with Crippen molar-refractivity contribution >= 4 is 21.8 Å². The van der Waals surface area contributed by atoms with Crippen molar-refractivity contribution in [3.63, 3.8) is 0 Å². The quantitative estimate of drug-likeness (QED) is 0.281. The molecule has 0 unspecified atom stereocenters. The maximum atomic E-state index is 4.47. The van der Waals surface area contributed by atoms with E-state index in [0.717, 1.165) is 16.9 Å². The van der Waals surface area contributed by atoms with Crippen molar-refractivity contribution in [1.82, 2.24) is 9.55 Å². The molecule has 2 aromatic heterocycles. The third-order valence-electron chi connectivity index (χ3n) is 4.56. The molecule has 0 aliphatic carbocycles. The van der Waals surface area contributed by atoms with Gasteiger partial charge in [-0.3, -0.25) is 0 Å². The zero-order chi connectivity index (χ0) is 16.6. The third kappa shape index (κ3) is 2.66. The Balaban J connectivity index is 0.00000168. The largest absolute Gasteiger partial charge is 0.328 e. The minimum absolute atomic E-state index is 0. The van der Waals surface area contributed by atoms with E-state index < -0.39 is 0 Å². The maximum Gasteiger partial charge on any atom is 0.0444 e. The summed E-state index contributed by atoms with van der Waals surface area (Å²) in [6, 6.07) is 32.6. The van der Waals surface area contributed by atoms with Crippen LogP contribution in [0.15, 0.2) is 91.1 Å². The van der Waals surface area contributed by atoms with Crippen molar-refractivity contribution < 1.29 is 20.1 Å². The van der Waals surface area contributed by atoms with Crippen molar-refractivity contribution in [2.75, 3.05) is 0 Å². The fourth-order valence-corrected chi connectivity index (χ4v) is 3.43. The molecular formula is C23H15IrN2-. The summed E-state index contributed by atoms with van der Waals surface area (Å²) in [7, 11) is 0. The molecule has 0 spiro atoms. The Bertz CT molecular complexity index is 1180. The van der Waals surface area contributed by atoms with Crippen molar-refractivity contribution in [3.05, 3.63) is 97.2 Å². The Morgan fingerprint density at radius 1 is 0.731 bits per heavy atom. The number of hydrogen-bond acceptors (Lipinski definition) is 1. The molecule has 1 radical (unpaired) electrons. The number of benzene rings is 3. The van der Waals surface area contributed by atoms with E-state index in [1.165, 1.54) is 21.8 Å². The molecule has 5 aromatic rings. The number of rotatable bonds is 2. The molecule has 0 amide bonds. The third-order valence-corrected chi connectivity index (χ3v) is 4.56. The molecule has 0 aliphatic heterocycles. The molecule has 3 heteroatoms. The van der Waals surface area contributed by atoms with Crippen LogP contribution < -0.4 is 0 Å². The Labute approximate surface area is 165 Å². The Hall–Kier alpha value is -2.74. The minimum atomic E-state index is 0. The van der Waals surface area contributed by atoms with E-state index in [2.05, 4.69) is 76.3 Å². The van der Waals surface area contributed by atoms with Gasteiger partial charge in [-0.2, -0.15) is 0 Å². The summed E-state index contributed by atoms with van der Waals surface area (Å²) in [4.78, 5) is 4.47. The van der Waals surface area contributed by atoms with E-state index in [4.69, 9.17) is 0 Å². The molecule has 0 bridgehead atoms. The molecule has 0 fully saturated rings. The van der Waals surface area contributed by atoms with Crippen LogP contribution in [0.25, 0.3) is 38.8 Å². The Morgan fingerprint density at radius 2 is 1.50 bits per heavy atom. The predicted molar refractivity (Wildman–Crippen MR) is 103 cm³/mol. The molecule has 0 N–H and O–H groups in total. The molecule has 5 rings (SSSR count). The van der Waals surface area contributed by atoms with Gasteiger partial charge in [-0.05, 0) is 40.9 Å². The second kappa shape index (κ2) is 6.87. The van der Waals surface area contributed by atoms with Gasteiger partial charge in [-0.1, -0.05) is 53.9 Å². The normalized spacial score (nSPS) is 10.8. The van der Waals surface area contributed by atoms with Gasteiger partial charge < -0.3 is 9.55 Å². The van der Waals surface area contributed by atoms with Crippen LogP contribution in [0.2, 0.25) is 0 Å². The van der Waals surface area contributed by atoms with Crippen LogP contribution in [-0.4, -0.2) is 9.55 Å². The summed E-state index contributed by atoms with van der Waals surface area (Å²) in [5.41, 5.74) is 5.48. The summed E-state index contributed by atoms with van der Waals surface area (Å²) in [5.74, 6) is 0. The molecule has 2 nitrogen and oxygen atoms in total. The van der Waals surface area contributed by atoms with Gasteiger partial charge in [0, 0.05) is 37.5 Å². The van der Waals surface area contributed by atoms with Gasteiger partial charge >= 0.3 is 0 Å². The van der Waals surface area contributed by atoms with Gasteiger partial charge in [0.2, 0.25) is 0 Å². The van der Waals surface area contributed by atoms with E-state index in [9.17, 15) is 0 Å². The van der Waals surface area contributed by atoms with Crippen LogP contribution in [0.5, 0.6) is 0 Å². The monoisotopic (exact) mass is 512 g/mol. The molecule has 0 aliphatic rings. The number of aromatic nitrogens is 2. The van der Waals surface area contributed by atoms with Gasteiger partial charge in [-0.15, -0.1) is 23.8 Å². The van der Waals surface area contributed by atoms with E-state index >= 15 is 0 Å². The van der Waals surface area contributed by atoms with Crippen LogP contribution in [0.4, 0.5) is 0 Å². The topological polar surface area (TPSA) is 17.8 Å². The van der Waals surface area contributed by atoms with E-state index in [1.54, 1.807) is 0 Å². The first-order valence-corrected chi connectivity index (χ1v) is 8.33. The summed E-state index contributed by atoms with van der Waals surface area (Å²) in [6.07, 6.45) is 1.82. The zero-order valence-corrected chi connectivity index (χ0v) is 16.3. The summed E-state index contributed by atoms with van der Waals surface area (Å²) in [6.45, 7) is 0. The molecule has 0 atom stereocenters. The zero-order valence-electron chi connectivity index (χ0n) is 13.9. The van der Waals surface area contributed by atoms with Crippen molar-refractivity contribution in [1.29, 1.82) is 0 Å². The van der Waals surface area contributed by atoms with Gasteiger partial charge in [0.25, 0.3) is 0 Å². The number of nitrogens with zero attached hydrogens (tertiary/aromatic N) is 2. The SMILES string of the molecule is [Ir].[c-]1cc2c3ccccc3n(-c3ccccc3)c2cc1-c1ccccn1. The minimum Gasteiger partial charge on any atom is -0.328 e. The number of hydrogen-bond donors (Lipinski definition) is 0. The first kappa shape index (κ1) is 16.7. The van der Waals surface area contributed by atoms with Gasteiger partial charge in [-0.25, -0.2) is 0 Å². The maximum absolute atomic E-state index is 4.47. The van der Waals surface area contributed by atoms with E-state index in [1.807, 2.05) is 30.5 Å². The molecule has 3 aromatic carbocycles. The fourth-order valence-electron chi connectivity index (χ4n) is 3.43. The van der Waals surface area contributed by atoms with E-state index in [0.29, 0.717) is 0 Å². The Morgan fingerprint density at radius 3 is 2.31 bits per heavy atom. The second-order valence-corrected chi connectivity index (χ2v) is 6.05. The van der Waals surface area contributed by atoms with Crippen molar-refractivity contribution in [2.24, 2.45) is 0 Å². The van der Waals surface area contributed by atoms with E-state index in [-0.39, 0.29) is 20.1 Å². The standard InChI is InChI=1S/C23H15N2.Ir/c1-2-8-18(9-3-1)25-22-12-5-4-10-19(22)20-14-13-17(16-23(20)25)21-11-6-7-15-24-21;/h1-12,14-16H;/q-1;. The number of pyridine rings is 1. The number of para-hydroxylation sites is 2. The first-order valence-electron chi connectivity index (χ1n) is 8.33. The van der Waals surface area contributed by atoms with Crippen LogP contribution >= 0.6 is 0 Å². The molecule has 26 heavy (non-hydrogen) atoms. The molecule has 127 valence electrons. The summed E-state index contributed by atoms with van der Waals surface area (Å²) in [5, 5.41) is 2.45. The van der Waals surface area contributed by atoms with Crippen molar-refractivity contribution in [3.8, 4) is 16.9 Å². The van der Waals surface area contributed by atoms with Gasteiger partial charge in [0.15, 0.2) is 0 Å². The summed E-state index contributed by atoms with van der Waals surface area (Å²) >= 11 is 0. The summed E-state index contributed by atoms with van der Waals surface area (Å²) < 4.78 is 2.31. The van der Waals surface area contributed by atoms with Crippen LogP contribution in [-0.2, 0) is 20.1 Å². The second-order valence-electron chi connectivity index (χ2n) is 6.05. The average Bonchev–Trinajstić information content (AvgIpc) is 3.03. The average molecular weight is 512 g/mol. The smallest absolute Gasteiger partial charge is 0.0444 e. The molecule has 2 heterocycles. The first-order chi connectivity index (χ1) is 12.4. The Kier molecular flexibility index (Phi) is 4.42. The predicted octanol–water partition coefficient (Wildman–Crippen LogP) is 5.64. The van der Waals surface area contributed by atoms with Gasteiger partial charge in [0.1, 0.15) is 0 Å². The molecular weight excluding hydrogens is 496 g/mol. The molecule has 0 saturated heterocycles. The van der Waals surface area contributed by atoms with Crippen LogP contribution in [0, 0.1) is 6.07 Å². The van der Waals surface area contributed by atoms with Crippen molar-refractivity contribution in [2.45, 2.75) is 0 Å². The fraction of sp³-hybridized carbons (Fsp3) is 0. The van der Waals surface area contributed by atoms with Crippen LogP contribution in [0.3, 0.4) is 0 Å². The van der Waals surface area contributed by atoms with Crippen LogP contribution in [0.1, 0.15) is 0 Å². The molecule has 0 saturated carbocycles.